The molecule has 2 aliphatic heterocycles. The van der Waals surface area contributed by atoms with Gasteiger partial charge in [0.2, 0.25) is 5.91 Å². The van der Waals surface area contributed by atoms with Gasteiger partial charge in [-0.2, -0.15) is 0 Å². The van der Waals surface area contributed by atoms with Gasteiger partial charge in [0.15, 0.2) is 12.4 Å². The highest BCUT2D eigenvalue weighted by Crippen LogP contribution is 2.38. The van der Waals surface area contributed by atoms with Crippen molar-refractivity contribution in [3.8, 4) is 0 Å². The molecule has 212 valence electrons. The quantitative estimate of drug-likeness (QED) is 0.349. The molecule has 2 fully saturated rings. The number of amides is 1. The number of nitrogens with one attached hydrogen (secondary N) is 1. The van der Waals surface area contributed by atoms with Crippen molar-refractivity contribution in [1.82, 2.24) is 5.32 Å². The van der Waals surface area contributed by atoms with Gasteiger partial charge in [-0.3, -0.25) is 19.2 Å². The highest BCUT2D eigenvalue weighted by atomic mass is 16.7. The highest BCUT2D eigenvalue weighted by molar-refractivity contribution is 5.73. The first-order valence-corrected chi connectivity index (χ1v) is 12.9. The molecule has 0 radical (unpaired) electrons. The molecule has 0 aromatic carbocycles. The van der Waals surface area contributed by atoms with Gasteiger partial charge in [-0.15, -0.1) is 0 Å². The number of hydrogen-bond acceptors (Lipinski definition) is 10. The van der Waals surface area contributed by atoms with E-state index in [1.54, 1.807) is 0 Å². The number of hydrogen-bond donors (Lipinski definition) is 1. The predicted molar refractivity (Wildman–Crippen MR) is 131 cm³/mol. The fourth-order valence-corrected chi connectivity index (χ4v) is 5.13. The topological polar surface area (TPSA) is 136 Å². The van der Waals surface area contributed by atoms with Gasteiger partial charge in [0.25, 0.3) is 0 Å². The van der Waals surface area contributed by atoms with E-state index in [0.29, 0.717) is 0 Å². The molecule has 11 nitrogen and oxygen atoms in total. The maximum atomic E-state index is 12.1. The Kier molecular flexibility index (Phi) is 11.3. The van der Waals surface area contributed by atoms with Gasteiger partial charge in [0.1, 0.15) is 25.4 Å². The summed E-state index contributed by atoms with van der Waals surface area (Å²) >= 11 is 0. The lowest BCUT2D eigenvalue weighted by atomic mass is 9.81. The summed E-state index contributed by atoms with van der Waals surface area (Å²) < 4.78 is 35.2. The Morgan fingerprint density at radius 3 is 1.81 bits per heavy atom. The number of carbonyl (C=O) groups excluding carboxylic acids is 4. The predicted octanol–water partition coefficient (Wildman–Crippen LogP) is 1.99. The highest BCUT2D eigenvalue weighted by Gasteiger charge is 2.51. The van der Waals surface area contributed by atoms with Crippen LogP contribution in [-0.2, 0) is 47.6 Å². The lowest BCUT2D eigenvalue weighted by Gasteiger charge is -2.50. The van der Waals surface area contributed by atoms with Crippen molar-refractivity contribution in [3.63, 3.8) is 0 Å². The van der Waals surface area contributed by atoms with Gasteiger partial charge >= 0.3 is 17.9 Å². The largest absolute Gasteiger partial charge is 0.463 e. The average Bonchev–Trinajstić information content (AvgIpc) is 2.78. The molecule has 2 aliphatic rings. The standard InChI is InChI=1S/C26H43NO10/c1-12(2)23-15(5)24(25(34-19(9)31)21(35-23)11-33-18(8)30)37-26-22(27-16(6)28)14(4)13(3)20(36-26)10-32-17(7)29/h12-15,20-26H,10-11H2,1-9H3,(H,27,28)/t13-,14-,15?,20?,21?,22?,23?,24+,25-,26-/m0/s1. The third-order valence-electron chi connectivity index (χ3n) is 7.16. The molecule has 37 heavy (non-hydrogen) atoms. The van der Waals surface area contributed by atoms with Crippen LogP contribution in [0.2, 0.25) is 0 Å². The molecular formula is C26H43NO10. The summed E-state index contributed by atoms with van der Waals surface area (Å²) in [6.45, 7) is 15.1. The molecule has 2 rings (SSSR count). The molecule has 0 saturated carbocycles. The van der Waals surface area contributed by atoms with E-state index >= 15 is 0 Å². The van der Waals surface area contributed by atoms with Crippen molar-refractivity contribution >= 4 is 23.8 Å². The van der Waals surface area contributed by atoms with E-state index in [-0.39, 0.29) is 48.9 Å². The molecule has 5 unspecified atom stereocenters. The van der Waals surface area contributed by atoms with Crippen LogP contribution in [0.4, 0.5) is 0 Å². The van der Waals surface area contributed by atoms with Crippen LogP contribution in [0.25, 0.3) is 0 Å². The minimum Gasteiger partial charge on any atom is -0.463 e. The van der Waals surface area contributed by atoms with Gasteiger partial charge in [-0.05, 0) is 17.8 Å². The summed E-state index contributed by atoms with van der Waals surface area (Å²) in [5, 5.41) is 2.94. The van der Waals surface area contributed by atoms with Crippen molar-refractivity contribution in [2.45, 2.75) is 105 Å². The summed E-state index contributed by atoms with van der Waals surface area (Å²) in [6.07, 6.45) is -4.08. The summed E-state index contributed by atoms with van der Waals surface area (Å²) in [5.41, 5.74) is 0. The maximum Gasteiger partial charge on any atom is 0.303 e. The first-order chi connectivity index (χ1) is 17.2. The van der Waals surface area contributed by atoms with E-state index in [4.69, 9.17) is 28.4 Å². The number of carbonyl (C=O) groups is 4. The third-order valence-corrected chi connectivity index (χ3v) is 7.16. The second-order valence-corrected chi connectivity index (χ2v) is 10.5. The van der Waals surface area contributed by atoms with Gasteiger partial charge in [-0.25, -0.2) is 0 Å². The molecule has 0 aromatic heterocycles. The summed E-state index contributed by atoms with van der Waals surface area (Å²) in [7, 11) is 0. The van der Waals surface area contributed by atoms with E-state index in [1.807, 2.05) is 34.6 Å². The molecule has 2 heterocycles. The summed E-state index contributed by atoms with van der Waals surface area (Å²) in [6, 6.07) is -0.515. The fraction of sp³-hybridized carbons (Fsp3) is 0.846. The third kappa shape index (κ3) is 8.38. The molecule has 0 bridgehead atoms. The second-order valence-electron chi connectivity index (χ2n) is 10.5. The monoisotopic (exact) mass is 529 g/mol. The van der Waals surface area contributed by atoms with Crippen molar-refractivity contribution in [2.24, 2.45) is 23.7 Å². The van der Waals surface area contributed by atoms with E-state index in [1.165, 1.54) is 27.7 Å². The second kappa shape index (κ2) is 13.5. The number of esters is 3. The van der Waals surface area contributed by atoms with E-state index in [0.717, 1.165) is 0 Å². The Hall–Kier alpha value is -2.24. The number of rotatable bonds is 9. The lowest BCUT2D eigenvalue weighted by Crippen LogP contribution is -2.63. The number of ether oxygens (including phenoxy) is 6. The Morgan fingerprint density at radius 1 is 0.757 bits per heavy atom. The molecule has 0 spiro atoms. The van der Waals surface area contributed by atoms with Crippen LogP contribution in [0, 0.1) is 23.7 Å². The molecule has 10 atom stereocenters. The molecule has 0 aliphatic carbocycles. The molecule has 0 aromatic rings. The Labute approximate surface area is 219 Å². The van der Waals surface area contributed by atoms with Crippen LogP contribution in [0.1, 0.15) is 62.3 Å². The maximum absolute atomic E-state index is 12.1. The van der Waals surface area contributed by atoms with Crippen LogP contribution >= 0.6 is 0 Å². The van der Waals surface area contributed by atoms with E-state index in [2.05, 4.69) is 5.32 Å². The Bertz CT molecular complexity index is 815. The Balaban J connectivity index is 2.43. The van der Waals surface area contributed by atoms with Crippen molar-refractivity contribution < 1.29 is 47.6 Å². The Morgan fingerprint density at radius 2 is 1.32 bits per heavy atom. The minimum atomic E-state index is -0.929. The molecular weight excluding hydrogens is 486 g/mol. The van der Waals surface area contributed by atoms with E-state index in [9.17, 15) is 19.2 Å². The van der Waals surface area contributed by atoms with Gasteiger partial charge in [-0.1, -0.05) is 34.6 Å². The van der Waals surface area contributed by atoms with Crippen LogP contribution in [-0.4, -0.2) is 79.9 Å². The first kappa shape index (κ1) is 31.0. The van der Waals surface area contributed by atoms with Crippen molar-refractivity contribution in [3.05, 3.63) is 0 Å². The average molecular weight is 530 g/mol. The van der Waals surface area contributed by atoms with Crippen molar-refractivity contribution in [1.29, 1.82) is 0 Å². The first-order valence-electron chi connectivity index (χ1n) is 12.9. The lowest BCUT2D eigenvalue weighted by molar-refractivity contribution is -0.306. The SMILES string of the molecule is CC(=O)NC1[C@H](O[C@@H]2C(C)C(C(C)C)OC(COC(C)=O)[C@@H]2OC(C)=O)OC(COC(C)=O)[C@@H](C)[C@@H]1C. The summed E-state index contributed by atoms with van der Waals surface area (Å²) in [4.78, 5) is 47.2. The molecule has 1 N–H and O–H groups in total. The fourth-order valence-electron chi connectivity index (χ4n) is 5.13. The molecule has 1 amide bonds. The van der Waals surface area contributed by atoms with Crippen molar-refractivity contribution in [2.75, 3.05) is 13.2 Å². The minimum absolute atomic E-state index is 0.0356. The van der Waals surface area contributed by atoms with E-state index < -0.39 is 54.7 Å². The molecule has 2 saturated heterocycles. The van der Waals surface area contributed by atoms with Gasteiger partial charge in [0.05, 0.1) is 18.2 Å². The zero-order valence-electron chi connectivity index (χ0n) is 23.3. The van der Waals surface area contributed by atoms with Crippen LogP contribution in [0.15, 0.2) is 0 Å². The van der Waals surface area contributed by atoms with Crippen LogP contribution < -0.4 is 5.32 Å². The molecule has 11 heteroatoms. The van der Waals surface area contributed by atoms with Gasteiger partial charge in [0, 0.05) is 33.6 Å². The smallest absolute Gasteiger partial charge is 0.303 e. The van der Waals surface area contributed by atoms with Crippen LogP contribution in [0.3, 0.4) is 0 Å². The van der Waals surface area contributed by atoms with Gasteiger partial charge < -0.3 is 33.7 Å². The zero-order chi connectivity index (χ0) is 28.0. The normalized spacial score (nSPS) is 35.9. The zero-order valence-corrected chi connectivity index (χ0v) is 23.3. The van der Waals surface area contributed by atoms with Crippen LogP contribution in [0.5, 0.6) is 0 Å². The summed E-state index contributed by atoms with van der Waals surface area (Å²) in [5.74, 6) is -2.03.